The van der Waals surface area contributed by atoms with Crippen LogP contribution in [0.3, 0.4) is 0 Å². The third-order valence-corrected chi connectivity index (χ3v) is 7.13. The average molecular weight is 467 g/mol. The molecule has 10 nitrogen and oxygen atoms in total. The fourth-order valence-corrected chi connectivity index (χ4v) is 5.30. The molecule has 2 atom stereocenters. The van der Waals surface area contributed by atoms with Crippen molar-refractivity contribution in [2.45, 2.75) is 12.5 Å². The summed E-state index contributed by atoms with van der Waals surface area (Å²) >= 11 is 0. The van der Waals surface area contributed by atoms with E-state index in [0.717, 1.165) is 24.5 Å². The number of aryl methyl sites for hydroxylation is 1. The Balaban J connectivity index is 1.04. The summed E-state index contributed by atoms with van der Waals surface area (Å²) in [6, 6.07) is 12.1. The van der Waals surface area contributed by atoms with Gasteiger partial charge in [0.25, 0.3) is 5.56 Å². The Labute approximate surface area is 199 Å². The van der Waals surface area contributed by atoms with Gasteiger partial charge < -0.3 is 9.42 Å². The van der Waals surface area contributed by atoms with Crippen LogP contribution in [0.25, 0.3) is 22.0 Å². The first-order chi connectivity index (χ1) is 17.1. The molecule has 35 heavy (non-hydrogen) atoms. The molecule has 2 aliphatic rings. The zero-order chi connectivity index (χ0) is 23.5. The molecule has 1 saturated heterocycles. The van der Waals surface area contributed by atoms with E-state index in [9.17, 15) is 4.79 Å². The topological polar surface area (TPSA) is 108 Å². The minimum absolute atomic E-state index is 0.145. The molecule has 5 aromatic rings. The van der Waals surface area contributed by atoms with E-state index in [1.165, 1.54) is 15.9 Å². The van der Waals surface area contributed by atoms with Gasteiger partial charge in [0, 0.05) is 49.7 Å². The number of piperidine rings is 1. The Morgan fingerprint density at radius 2 is 1.94 bits per heavy atom. The number of anilines is 1. The van der Waals surface area contributed by atoms with Crippen molar-refractivity contribution in [1.82, 2.24) is 34.7 Å². The van der Waals surface area contributed by atoms with Gasteiger partial charge in [-0.3, -0.25) is 14.5 Å². The Morgan fingerprint density at radius 1 is 1.06 bits per heavy atom. The van der Waals surface area contributed by atoms with Crippen molar-refractivity contribution < 1.29 is 4.52 Å². The zero-order valence-electron chi connectivity index (χ0n) is 19.0. The maximum absolute atomic E-state index is 12.7. The maximum atomic E-state index is 12.7. The molecule has 0 spiro atoms. The molecule has 10 heteroatoms. The van der Waals surface area contributed by atoms with E-state index < -0.39 is 0 Å². The first-order valence-electron chi connectivity index (χ1n) is 11.6. The van der Waals surface area contributed by atoms with Crippen LogP contribution in [0.4, 0.5) is 5.69 Å². The Morgan fingerprint density at radius 3 is 2.77 bits per heavy atom. The van der Waals surface area contributed by atoms with Crippen molar-refractivity contribution in [2.75, 3.05) is 18.0 Å². The molecule has 4 aromatic heterocycles. The number of hydrogen-bond acceptors (Lipinski definition) is 8. The molecule has 2 unspecified atom stereocenters. The first kappa shape index (κ1) is 20.1. The largest absolute Gasteiger partial charge is 0.371 e. The van der Waals surface area contributed by atoms with Gasteiger partial charge in [0.1, 0.15) is 6.54 Å². The smallest absolute Gasteiger partial charge is 0.276 e. The Kier molecular flexibility index (Phi) is 4.35. The summed E-state index contributed by atoms with van der Waals surface area (Å²) in [6.07, 6.45) is 7.14. The predicted octanol–water partition coefficient (Wildman–Crippen LogP) is 2.47. The zero-order valence-corrected chi connectivity index (χ0v) is 19.0. The van der Waals surface area contributed by atoms with Gasteiger partial charge in [-0.15, -0.1) is 0 Å². The summed E-state index contributed by atoms with van der Waals surface area (Å²) < 4.78 is 8.64. The van der Waals surface area contributed by atoms with Gasteiger partial charge in [-0.2, -0.15) is 15.2 Å². The average Bonchev–Trinajstić information content (AvgIpc) is 3.33. The summed E-state index contributed by atoms with van der Waals surface area (Å²) in [5.41, 5.74) is 3.86. The van der Waals surface area contributed by atoms with E-state index in [0.29, 0.717) is 34.5 Å². The van der Waals surface area contributed by atoms with Gasteiger partial charge >= 0.3 is 0 Å². The molecular weight excluding hydrogens is 444 g/mol. The SMILES string of the molecule is Cn1cc(-c2cccc(N3CC4C(C3)C4c3noc(Cn4ncc5ncccc5c4=O)n3)c2)cn1. The summed E-state index contributed by atoms with van der Waals surface area (Å²) in [6.45, 7) is 2.08. The molecule has 0 radical (unpaired) electrons. The molecule has 7 rings (SSSR count). The number of aromatic nitrogens is 7. The molecule has 0 bridgehead atoms. The third kappa shape index (κ3) is 3.40. The minimum atomic E-state index is -0.220. The lowest BCUT2D eigenvalue weighted by Crippen LogP contribution is -2.24. The fourth-order valence-electron chi connectivity index (χ4n) is 5.30. The normalized spacial score (nSPS) is 20.9. The second-order valence-electron chi connectivity index (χ2n) is 9.30. The Hall–Kier alpha value is -4.34. The van der Waals surface area contributed by atoms with Crippen molar-refractivity contribution in [3.8, 4) is 11.1 Å². The fraction of sp³-hybridized carbons (Fsp3) is 0.280. The van der Waals surface area contributed by atoms with Crippen LogP contribution >= 0.6 is 0 Å². The van der Waals surface area contributed by atoms with Crippen molar-refractivity contribution >= 4 is 16.6 Å². The standard InChI is InChI=1S/C25H22N8O2/c1-31-11-16(9-27-31)15-4-2-5-17(8-15)32-12-19-20(13-32)23(19)24-29-22(35-30-24)14-33-25(34)18-6-3-7-26-21(18)10-28-33/h2-11,19-20,23H,12-14H2,1H3. The van der Waals surface area contributed by atoms with Crippen LogP contribution in [0, 0.1) is 11.8 Å². The number of nitrogens with zero attached hydrogens (tertiary/aromatic N) is 8. The van der Waals surface area contributed by atoms with Crippen molar-refractivity contribution in [3.63, 3.8) is 0 Å². The van der Waals surface area contributed by atoms with Gasteiger partial charge in [0.15, 0.2) is 5.82 Å². The molecule has 1 aliphatic carbocycles. The third-order valence-electron chi connectivity index (χ3n) is 7.13. The highest BCUT2D eigenvalue weighted by Gasteiger charge is 2.58. The van der Waals surface area contributed by atoms with Crippen molar-refractivity contribution in [1.29, 1.82) is 0 Å². The summed E-state index contributed by atoms with van der Waals surface area (Å²) in [5, 5.41) is 13.2. The van der Waals surface area contributed by atoms with Crippen LogP contribution in [0.15, 0.2) is 70.5 Å². The molecule has 1 aliphatic heterocycles. The molecule has 0 N–H and O–H groups in total. The lowest BCUT2D eigenvalue weighted by Gasteiger charge is -2.22. The van der Waals surface area contributed by atoms with Crippen LogP contribution in [0.2, 0.25) is 0 Å². The second-order valence-corrected chi connectivity index (χ2v) is 9.30. The highest BCUT2D eigenvalue weighted by Crippen LogP contribution is 2.58. The van der Waals surface area contributed by atoms with Crippen molar-refractivity contribution in [2.24, 2.45) is 18.9 Å². The van der Waals surface area contributed by atoms with Crippen LogP contribution in [0.1, 0.15) is 17.6 Å². The molecule has 0 amide bonds. The van der Waals surface area contributed by atoms with Gasteiger partial charge in [0.05, 0.1) is 23.3 Å². The van der Waals surface area contributed by atoms with E-state index in [-0.39, 0.29) is 12.1 Å². The lowest BCUT2D eigenvalue weighted by atomic mass is 10.1. The van der Waals surface area contributed by atoms with E-state index >= 15 is 0 Å². The predicted molar refractivity (Wildman–Crippen MR) is 128 cm³/mol. The van der Waals surface area contributed by atoms with Crippen molar-refractivity contribution in [3.05, 3.63) is 83.3 Å². The number of rotatable bonds is 5. The molecule has 2 fully saturated rings. The van der Waals surface area contributed by atoms with Gasteiger partial charge in [-0.1, -0.05) is 17.3 Å². The Bertz CT molecular complexity index is 1610. The van der Waals surface area contributed by atoms with E-state index in [4.69, 9.17) is 4.52 Å². The lowest BCUT2D eigenvalue weighted by molar-refractivity contribution is 0.358. The number of benzene rings is 1. The molecule has 1 aromatic carbocycles. The highest BCUT2D eigenvalue weighted by molar-refractivity contribution is 5.75. The van der Waals surface area contributed by atoms with Crippen LogP contribution in [0.5, 0.6) is 0 Å². The molecular formula is C25H22N8O2. The van der Waals surface area contributed by atoms with Crippen LogP contribution in [-0.2, 0) is 13.6 Å². The van der Waals surface area contributed by atoms with E-state index in [1.807, 2.05) is 24.1 Å². The summed E-state index contributed by atoms with van der Waals surface area (Å²) in [5.74, 6) is 2.44. The van der Waals surface area contributed by atoms with E-state index in [1.54, 1.807) is 24.5 Å². The number of hydrogen-bond donors (Lipinski definition) is 0. The van der Waals surface area contributed by atoms with Gasteiger partial charge in [-0.05, 0) is 41.7 Å². The van der Waals surface area contributed by atoms with Crippen LogP contribution < -0.4 is 10.5 Å². The highest BCUT2D eigenvalue weighted by atomic mass is 16.5. The number of fused-ring (bicyclic) bond motifs is 2. The monoisotopic (exact) mass is 466 g/mol. The summed E-state index contributed by atoms with van der Waals surface area (Å²) in [4.78, 5) is 23.9. The minimum Gasteiger partial charge on any atom is -0.371 e. The molecule has 1 saturated carbocycles. The molecule has 5 heterocycles. The van der Waals surface area contributed by atoms with Crippen LogP contribution in [-0.4, -0.2) is 47.8 Å². The van der Waals surface area contributed by atoms with Gasteiger partial charge in [0.2, 0.25) is 5.89 Å². The second kappa shape index (κ2) is 7.59. The maximum Gasteiger partial charge on any atom is 0.276 e. The molecule has 174 valence electrons. The number of pyridine rings is 1. The summed E-state index contributed by atoms with van der Waals surface area (Å²) in [7, 11) is 1.93. The quantitative estimate of drug-likeness (QED) is 0.389. The van der Waals surface area contributed by atoms with E-state index in [2.05, 4.69) is 54.5 Å². The first-order valence-corrected chi connectivity index (χ1v) is 11.6. The van der Waals surface area contributed by atoms with Gasteiger partial charge in [-0.25, -0.2) is 4.68 Å².